The van der Waals surface area contributed by atoms with Crippen molar-refractivity contribution in [2.75, 3.05) is 5.88 Å². The van der Waals surface area contributed by atoms with E-state index < -0.39 is 0 Å². The summed E-state index contributed by atoms with van der Waals surface area (Å²) < 4.78 is 0. The summed E-state index contributed by atoms with van der Waals surface area (Å²) in [5.74, 6) is 1.40. The molecule has 0 nitrogen and oxygen atoms in total. The molecule has 18 heavy (non-hydrogen) atoms. The molecule has 98 valence electrons. The van der Waals surface area contributed by atoms with Gasteiger partial charge in [-0.2, -0.15) is 0 Å². The lowest BCUT2D eigenvalue weighted by molar-refractivity contribution is 0.405. The summed E-state index contributed by atoms with van der Waals surface area (Å²) in [6.45, 7) is 4.33. The SMILES string of the molecule is Cc1ccc(C=C(CCl)C2CCCCC2)cc1C. The van der Waals surface area contributed by atoms with Crippen LogP contribution in [-0.2, 0) is 0 Å². The highest BCUT2D eigenvalue weighted by Gasteiger charge is 2.17. The molecule has 1 aromatic rings. The van der Waals surface area contributed by atoms with E-state index in [9.17, 15) is 0 Å². The summed E-state index contributed by atoms with van der Waals surface area (Å²) in [5.41, 5.74) is 5.46. The summed E-state index contributed by atoms with van der Waals surface area (Å²) in [6.07, 6.45) is 9.09. The molecule has 1 aliphatic carbocycles. The lowest BCUT2D eigenvalue weighted by Gasteiger charge is -2.23. The van der Waals surface area contributed by atoms with Crippen LogP contribution in [0.25, 0.3) is 6.08 Å². The zero-order valence-corrected chi connectivity index (χ0v) is 12.3. The topological polar surface area (TPSA) is 0 Å². The van der Waals surface area contributed by atoms with Crippen LogP contribution in [0.5, 0.6) is 0 Å². The molecular weight excluding hydrogens is 240 g/mol. The first-order valence-corrected chi connectivity index (χ1v) is 7.58. The molecule has 2 rings (SSSR count). The number of hydrogen-bond donors (Lipinski definition) is 0. The highest BCUT2D eigenvalue weighted by molar-refractivity contribution is 6.19. The highest BCUT2D eigenvalue weighted by Crippen LogP contribution is 2.31. The van der Waals surface area contributed by atoms with Crippen molar-refractivity contribution >= 4 is 17.7 Å². The monoisotopic (exact) mass is 262 g/mol. The van der Waals surface area contributed by atoms with Gasteiger partial charge in [-0.05, 0) is 49.3 Å². The van der Waals surface area contributed by atoms with Gasteiger partial charge in [0.1, 0.15) is 0 Å². The molecular formula is C17H23Cl. The van der Waals surface area contributed by atoms with Gasteiger partial charge in [0.05, 0.1) is 0 Å². The fourth-order valence-corrected chi connectivity index (χ4v) is 3.10. The molecule has 0 saturated heterocycles. The van der Waals surface area contributed by atoms with Crippen molar-refractivity contribution in [1.82, 2.24) is 0 Å². The average Bonchev–Trinajstić information content (AvgIpc) is 2.41. The van der Waals surface area contributed by atoms with Gasteiger partial charge in [0.15, 0.2) is 0 Å². The van der Waals surface area contributed by atoms with E-state index in [1.54, 1.807) is 0 Å². The Morgan fingerprint density at radius 2 is 1.89 bits per heavy atom. The van der Waals surface area contributed by atoms with E-state index in [-0.39, 0.29) is 0 Å². The normalized spacial score (nSPS) is 18.1. The number of benzene rings is 1. The Hall–Kier alpha value is -0.750. The van der Waals surface area contributed by atoms with Crippen LogP contribution < -0.4 is 0 Å². The van der Waals surface area contributed by atoms with Crippen molar-refractivity contribution in [2.45, 2.75) is 46.0 Å². The van der Waals surface area contributed by atoms with E-state index in [4.69, 9.17) is 11.6 Å². The first-order valence-electron chi connectivity index (χ1n) is 7.04. The van der Waals surface area contributed by atoms with Gasteiger partial charge in [0, 0.05) is 5.88 Å². The van der Waals surface area contributed by atoms with Crippen molar-refractivity contribution < 1.29 is 0 Å². The molecule has 1 saturated carbocycles. The summed E-state index contributed by atoms with van der Waals surface area (Å²) >= 11 is 6.15. The molecule has 0 N–H and O–H groups in total. The van der Waals surface area contributed by atoms with Gasteiger partial charge in [-0.1, -0.05) is 49.1 Å². The summed E-state index contributed by atoms with van der Waals surface area (Å²) in [6, 6.07) is 6.68. The first-order chi connectivity index (χ1) is 8.70. The molecule has 1 aliphatic rings. The fraction of sp³-hybridized carbons (Fsp3) is 0.529. The van der Waals surface area contributed by atoms with Crippen LogP contribution in [-0.4, -0.2) is 5.88 Å². The molecule has 0 heterocycles. The summed E-state index contributed by atoms with van der Waals surface area (Å²) in [7, 11) is 0. The van der Waals surface area contributed by atoms with E-state index in [2.05, 4.69) is 38.1 Å². The number of rotatable bonds is 3. The second-order valence-electron chi connectivity index (χ2n) is 5.53. The molecule has 1 heteroatoms. The molecule has 1 fully saturated rings. The number of alkyl halides is 1. The Labute approximate surface area is 116 Å². The van der Waals surface area contributed by atoms with Crippen LogP contribution in [0.1, 0.15) is 48.8 Å². The maximum Gasteiger partial charge on any atom is 0.0439 e. The van der Waals surface area contributed by atoms with Gasteiger partial charge in [-0.15, -0.1) is 11.6 Å². The summed E-state index contributed by atoms with van der Waals surface area (Å²) in [4.78, 5) is 0. The molecule has 0 bridgehead atoms. The third kappa shape index (κ3) is 3.38. The molecule has 0 unspecified atom stereocenters. The molecule has 1 aromatic carbocycles. The van der Waals surface area contributed by atoms with Crippen molar-refractivity contribution in [2.24, 2.45) is 5.92 Å². The van der Waals surface area contributed by atoms with E-state index in [1.165, 1.54) is 54.4 Å². The molecule has 0 aromatic heterocycles. The third-order valence-electron chi connectivity index (χ3n) is 4.17. The van der Waals surface area contributed by atoms with Crippen LogP contribution >= 0.6 is 11.6 Å². The predicted octanol–water partition coefficient (Wildman–Crippen LogP) is 5.51. The Morgan fingerprint density at radius 3 is 2.50 bits per heavy atom. The largest absolute Gasteiger partial charge is 0.122 e. The second-order valence-corrected chi connectivity index (χ2v) is 5.80. The van der Waals surface area contributed by atoms with E-state index in [1.807, 2.05) is 0 Å². The Bertz CT molecular complexity index is 425. The molecule has 0 radical (unpaired) electrons. The highest BCUT2D eigenvalue weighted by atomic mass is 35.5. The minimum absolute atomic E-state index is 0.678. The minimum Gasteiger partial charge on any atom is -0.122 e. The first kappa shape index (κ1) is 13.7. The third-order valence-corrected chi connectivity index (χ3v) is 4.48. The quantitative estimate of drug-likeness (QED) is 0.631. The van der Waals surface area contributed by atoms with Crippen molar-refractivity contribution in [3.63, 3.8) is 0 Å². The fourth-order valence-electron chi connectivity index (χ4n) is 2.81. The van der Waals surface area contributed by atoms with Crippen LogP contribution in [0.15, 0.2) is 23.8 Å². The number of hydrogen-bond acceptors (Lipinski definition) is 0. The van der Waals surface area contributed by atoms with Crippen molar-refractivity contribution in [1.29, 1.82) is 0 Å². The molecule has 0 aliphatic heterocycles. The lowest BCUT2D eigenvalue weighted by Crippen LogP contribution is -2.10. The van der Waals surface area contributed by atoms with Gasteiger partial charge < -0.3 is 0 Å². The van der Waals surface area contributed by atoms with E-state index in [0.29, 0.717) is 5.88 Å². The van der Waals surface area contributed by atoms with Gasteiger partial charge in [-0.25, -0.2) is 0 Å². The number of halogens is 1. The van der Waals surface area contributed by atoms with Crippen LogP contribution in [0.3, 0.4) is 0 Å². The summed E-state index contributed by atoms with van der Waals surface area (Å²) in [5, 5.41) is 0. The maximum absolute atomic E-state index is 6.15. The van der Waals surface area contributed by atoms with Crippen molar-refractivity contribution in [3.8, 4) is 0 Å². The van der Waals surface area contributed by atoms with E-state index in [0.717, 1.165) is 5.92 Å². The Morgan fingerprint density at radius 1 is 1.17 bits per heavy atom. The molecule has 0 amide bonds. The predicted molar refractivity (Wildman–Crippen MR) is 81.2 cm³/mol. The number of allylic oxidation sites excluding steroid dienone is 1. The van der Waals surface area contributed by atoms with Crippen LogP contribution in [0.2, 0.25) is 0 Å². The van der Waals surface area contributed by atoms with Gasteiger partial charge in [-0.3, -0.25) is 0 Å². The van der Waals surface area contributed by atoms with Crippen LogP contribution in [0.4, 0.5) is 0 Å². The smallest absolute Gasteiger partial charge is 0.0439 e. The molecule has 0 atom stereocenters. The second kappa shape index (κ2) is 6.43. The van der Waals surface area contributed by atoms with Crippen molar-refractivity contribution in [3.05, 3.63) is 40.5 Å². The van der Waals surface area contributed by atoms with Gasteiger partial charge in [0.2, 0.25) is 0 Å². The Balaban J connectivity index is 2.19. The standard InChI is InChI=1S/C17H23Cl/c1-13-8-9-15(10-14(13)2)11-17(12-18)16-6-4-3-5-7-16/h8-11,16H,3-7,12H2,1-2H3. The Kier molecular flexibility index (Phi) is 4.88. The minimum atomic E-state index is 0.678. The van der Waals surface area contributed by atoms with E-state index >= 15 is 0 Å². The average molecular weight is 263 g/mol. The van der Waals surface area contributed by atoms with Gasteiger partial charge >= 0.3 is 0 Å². The molecule has 0 spiro atoms. The lowest BCUT2D eigenvalue weighted by atomic mass is 9.83. The van der Waals surface area contributed by atoms with Crippen LogP contribution in [0, 0.1) is 19.8 Å². The zero-order chi connectivity index (χ0) is 13.0. The van der Waals surface area contributed by atoms with Gasteiger partial charge in [0.25, 0.3) is 0 Å². The number of aryl methyl sites for hydroxylation is 2. The maximum atomic E-state index is 6.15. The zero-order valence-electron chi connectivity index (χ0n) is 11.5.